The minimum absolute atomic E-state index is 0.113. The Bertz CT molecular complexity index is 1130. The van der Waals surface area contributed by atoms with E-state index in [1.807, 2.05) is 42.5 Å². The van der Waals surface area contributed by atoms with Gasteiger partial charge < -0.3 is 14.5 Å². The van der Waals surface area contributed by atoms with Gasteiger partial charge in [0.25, 0.3) is 5.22 Å². The lowest BCUT2D eigenvalue weighted by Gasteiger charge is -2.11. The van der Waals surface area contributed by atoms with Crippen LogP contribution in [-0.4, -0.2) is 21.9 Å². The van der Waals surface area contributed by atoms with Crippen molar-refractivity contribution in [2.24, 2.45) is 0 Å². The zero-order valence-electron chi connectivity index (χ0n) is 15.6. The highest BCUT2D eigenvalue weighted by molar-refractivity contribution is 7.99. The van der Waals surface area contributed by atoms with Crippen molar-refractivity contribution in [2.45, 2.75) is 5.22 Å². The van der Waals surface area contributed by atoms with Gasteiger partial charge in [-0.2, -0.15) is 0 Å². The van der Waals surface area contributed by atoms with Crippen molar-refractivity contribution in [1.82, 2.24) is 10.2 Å². The molecule has 0 bridgehead atoms. The zero-order chi connectivity index (χ0) is 20.8. The van der Waals surface area contributed by atoms with Crippen LogP contribution in [0.15, 0.2) is 88.5 Å². The summed E-state index contributed by atoms with van der Waals surface area (Å²) in [6.07, 6.45) is 0. The number of para-hydroxylation sites is 3. The lowest BCUT2D eigenvalue weighted by Crippen LogP contribution is -2.14. The summed E-state index contributed by atoms with van der Waals surface area (Å²) >= 11 is 7.04. The Morgan fingerprint density at radius 1 is 0.967 bits per heavy atom. The second-order valence-electron chi connectivity index (χ2n) is 6.13. The van der Waals surface area contributed by atoms with E-state index in [-0.39, 0.29) is 11.7 Å². The van der Waals surface area contributed by atoms with Crippen molar-refractivity contribution in [3.8, 4) is 23.0 Å². The minimum Gasteiger partial charge on any atom is -0.455 e. The SMILES string of the molecule is O=C(CSc1nnc(-c2ccc(Cl)cc2)o1)Nc1ccccc1Oc1ccccc1. The smallest absolute Gasteiger partial charge is 0.277 e. The number of hydrogen-bond donors (Lipinski definition) is 1. The van der Waals surface area contributed by atoms with Crippen LogP contribution < -0.4 is 10.1 Å². The Balaban J connectivity index is 1.36. The number of anilines is 1. The summed E-state index contributed by atoms with van der Waals surface area (Å²) in [6.45, 7) is 0. The number of thioether (sulfide) groups is 1. The van der Waals surface area contributed by atoms with Gasteiger partial charge in [-0.1, -0.05) is 53.7 Å². The molecule has 0 saturated carbocycles. The summed E-state index contributed by atoms with van der Waals surface area (Å²) in [5.41, 5.74) is 1.34. The van der Waals surface area contributed by atoms with Crippen LogP contribution in [0, 0.1) is 0 Å². The van der Waals surface area contributed by atoms with Crippen LogP contribution in [0.4, 0.5) is 5.69 Å². The highest BCUT2D eigenvalue weighted by atomic mass is 35.5. The third-order valence-corrected chi connectivity index (χ3v) is 5.03. The van der Waals surface area contributed by atoms with Crippen LogP contribution in [-0.2, 0) is 4.79 Å². The normalized spacial score (nSPS) is 10.6. The molecular weight excluding hydrogens is 422 g/mol. The van der Waals surface area contributed by atoms with E-state index in [1.165, 1.54) is 0 Å². The molecule has 30 heavy (non-hydrogen) atoms. The number of nitrogens with zero attached hydrogens (tertiary/aromatic N) is 2. The third kappa shape index (κ3) is 5.20. The molecule has 0 unspecified atom stereocenters. The molecule has 4 rings (SSSR count). The Kier molecular flexibility index (Phi) is 6.32. The molecule has 150 valence electrons. The third-order valence-electron chi connectivity index (χ3n) is 3.96. The van der Waals surface area contributed by atoms with Gasteiger partial charge in [0.05, 0.1) is 11.4 Å². The van der Waals surface area contributed by atoms with Crippen molar-refractivity contribution in [3.63, 3.8) is 0 Å². The van der Waals surface area contributed by atoms with E-state index >= 15 is 0 Å². The molecule has 0 fully saturated rings. The van der Waals surface area contributed by atoms with E-state index in [2.05, 4.69) is 15.5 Å². The molecule has 0 aliphatic rings. The number of nitrogens with one attached hydrogen (secondary N) is 1. The zero-order valence-corrected chi connectivity index (χ0v) is 17.2. The molecule has 0 spiro atoms. The van der Waals surface area contributed by atoms with E-state index in [9.17, 15) is 4.79 Å². The van der Waals surface area contributed by atoms with Gasteiger partial charge in [0.15, 0.2) is 5.75 Å². The molecule has 8 heteroatoms. The predicted octanol–water partition coefficient (Wildman–Crippen LogP) is 5.91. The number of aromatic nitrogens is 2. The Hall–Kier alpha value is -3.29. The Morgan fingerprint density at radius 2 is 1.70 bits per heavy atom. The van der Waals surface area contributed by atoms with Gasteiger partial charge in [0.2, 0.25) is 11.8 Å². The van der Waals surface area contributed by atoms with Crippen molar-refractivity contribution in [2.75, 3.05) is 11.1 Å². The lowest BCUT2D eigenvalue weighted by molar-refractivity contribution is -0.113. The largest absolute Gasteiger partial charge is 0.455 e. The molecule has 0 saturated heterocycles. The number of benzene rings is 3. The highest BCUT2D eigenvalue weighted by Gasteiger charge is 2.13. The summed E-state index contributed by atoms with van der Waals surface area (Å²) in [7, 11) is 0. The molecule has 0 aliphatic heterocycles. The van der Waals surface area contributed by atoms with Gasteiger partial charge in [0.1, 0.15) is 5.75 Å². The quantitative estimate of drug-likeness (QED) is 0.362. The fraction of sp³-hybridized carbons (Fsp3) is 0.0455. The molecule has 3 aromatic carbocycles. The van der Waals surface area contributed by atoms with Crippen LogP contribution in [0.5, 0.6) is 11.5 Å². The van der Waals surface area contributed by atoms with Gasteiger partial charge >= 0.3 is 0 Å². The number of carbonyl (C=O) groups is 1. The standard InChI is InChI=1S/C22H16ClN3O3S/c23-16-12-10-15(11-13-16)21-25-26-22(29-21)30-14-20(27)24-18-8-4-5-9-19(18)28-17-6-2-1-3-7-17/h1-13H,14H2,(H,24,27). The summed E-state index contributed by atoms with van der Waals surface area (Å²) in [4.78, 5) is 12.4. The number of halogens is 1. The molecular formula is C22H16ClN3O3S. The van der Waals surface area contributed by atoms with E-state index in [0.29, 0.717) is 33.3 Å². The first-order chi connectivity index (χ1) is 14.7. The van der Waals surface area contributed by atoms with Gasteiger partial charge in [-0.3, -0.25) is 4.79 Å². The van der Waals surface area contributed by atoms with Crippen LogP contribution in [0.1, 0.15) is 0 Å². The minimum atomic E-state index is -0.213. The van der Waals surface area contributed by atoms with E-state index in [4.69, 9.17) is 20.8 Å². The molecule has 0 atom stereocenters. The van der Waals surface area contributed by atoms with Crippen LogP contribution in [0.2, 0.25) is 5.02 Å². The summed E-state index contributed by atoms with van der Waals surface area (Å²) in [6, 6.07) is 23.7. The van der Waals surface area contributed by atoms with Gasteiger partial charge in [-0.15, -0.1) is 10.2 Å². The fourth-order valence-electron chi connectivity index (χ4n) is 2.57. The number of carbonyl (C=O) groups excluding carboxylic acids is 1. The second-order valence-corrected chi connectivity index (χ2v) is 7.49. The van der Waals surface area contributed by atoms with Crippen molar-refractivity contribution in [3.05, 3.63) is 83.9 Å². The number of amides is 1. The summed E-state index contributed by atoms with van der Waals surface area (Å²) < 4.78 is 11.5. The van der Waals surface area contributed by atoms with Crippen LogP contribution in [0.3, 0.4) is 0 Å². The van der Waals surface area contributed by atoms with E-state index in [0.717, 1.165) is 17.3 Å². The first-order valence-corrected chi connectivity index (χ1v) is 10.4. The molecule has 1 aromatic heterocycles. The molecule has 6 nitrogen and oxygen atoms in total. The maximum atomic E-state index is 12.4. The molecule has 1 amide bonds. The maximum Gasteiger partial charge on any atom is 0.277 e. The number of hydrogen-bond acceptors (Lipinski definition) is 6. The summed E-state index contributed by atoms with van der Waals surface area (Å²) in [5.74, 6) is 1.52. The fourth-order valence-corrected chi connectivity index (χ4v) is 3.25. The maximum absolute atomic E-state index is 12.4. The Labute approximate surface area is 182 Å². The van der Waals surface area contributed by atoms with E-state index < -0.39 is 0 Å². The van der Waals surface area contributed by atoms with Crippen molar-refractivity contribution >= 4 is 35.0 Å². The van der Waals surface area contributed by atoms with Gasteiger partial charge in [-0.25, -0.2) is 0 Å². The van der Waals surface area contributed by atoms with Crippen LogP contribution in [0.25, 0.3) is 11.5 Å². The van der Waals surface area contributed by atoms with E-state index in [1.54, 1.807) is 36.4 Å². The average molecular weight is 438 g/mol. The summed E-state index contributed by atoms with van der Waals surface area (Å²) in [5, 5.41) is 11.8. The monoisotopic (exact) mass is 437 g/mol. The topological polar surface area (TPSA) is 77.2 Å². The van der Waals surface area contributed by atoms with Gasteiger partial charge in [-0.05, 0) is 48.5 Å². The molecule has 0 radical (unpaired) electrons. The second kappa shape index (κ2) is 9.47. The molecule has 0 aliphatic carbocycles. The van der Waals surface area contributed by atoms with Gasteiger partial charge in [0, 0.05) is 10.6 Å². The number of ether oxygens (including phenoxy) is 1. The first-order valence-electron chi connectivity index (χ1n) is 9.01. The highest BCUT2D eigenvalue weighted by Crippen LogP contribution is 2.30. The van der Waals surface area contributed by atoms with Crippen molar-refractivity contribution in [1.29, 1.82) is 0 Å². The average Bonchev–Trinajstić information content (AvgIpc) is 3.24. The molecule has 4 aromatic rings. The number of rotatable bonds is 7. The lowest BCUT2D eigenvalue weighted by atomic mass is 10.2. The molecule has 1 heterocycles. The first kappa shape index (κ1) is 20.0. The predicted molar refractivity (Wildman–Crippen MR) is 117 cm³/mol. The Morgan fingerprint density at radius 3 is 2.50 bits per heavy atom. The van der Waals surface area contributed by atoms with Crippen molar-refractivity contribution < 1.29 is 13.9 Å². The van der Waals surface area contributed by atoms with Crippen LogP contribution >= 0.6 is 23.4 Å². The molecule has 1 N–H and O–H groups in total.